The van der Waals surface area contributed by atoms with E-state index in [0.717, 1.165) is 15.0 Å². The highest BCUT2D eigenvalue weighted by molar-refractivity contribution is 9.10. The maximum atomic E-state index is 13.1. The molecule has 0 unspecified atom stereocenters. The largest absolute Gasteiger partial charge is 0.293 e. The van der Waals surface area contributed by atoms with Crippen molar-refractivity contribution in [3.8, 4) is 0 Å². The molecule has 4 rings (SSSR count). The molecule has 3 aromatic rings. The van der Waals surface area contributed by atoms with Crippen LogP contribution in [-0.4, -0.2) is 25.2 Å². The second-order valence-electron chi connectivity index (χ2n) is 6.43. The zero-order valence-electron chi connectivity index (χ0n) is 15.6. The molecule has 6 nitrogen and oxygen atoms in total. The van der Waals surface area contributed by atoms with Crippen LogP contribution < -0.4 is 4.83 Å². The Labute approximate surface area is 182 Å². The summed E-state index contributed by atoms with van der Waals surface area (Å²) < 4.78 is 26.5. The van der Waals surface area contributed by atoms with Gasteiger partial charge in [-0.1, -0.05) is 76.6 Å². The average molecular weight is 482 g/mol. The Hall–Kier alpha value is -3.07. The maximum absolute atomic E-state index is 13.1. The van der Waals surface area contributed by atoms with E-state index in [4.69, 9.17) is 0 Å². The van der Waals surface area contributed by atoms with Crippen LogP contribution >= 0.6 is 15.9 Å². The number of hydrogen-bond acceptors (Lipinski definition) is 4. The Morgan fingerprint density at radius 3 is 2.10 bits per heavy atom. The van der Waals surface area contributed by atoms with Crippen LogP contribution in [0.4, 0.5) is 0 Å². The summed E-state index contributed by atoms with van der Waals surface area (Å²) in [4.78, 5) is 19.9. The fraction of sp³-hybridized carbons (Fsp3) is 0. The summed E-state index contributed by atoms with van der Waals surface area (Å²) in [6.45, 7) is 0. The van der Waals surface area contributed by atoms with Crippen LogP contribution in [0.2, 0.25) is 0 Å². The van der Waals surface area contributed by atoms with Crippen molar-refractivity contribution in [2.75, 3.05) is 0 Å². The number of nitrogens with zero attached hydrogens (tertiary/aromatic N) is 2. The van der Waals surface area contributed by atoms with Crippen LogP contribution in [-0.2, 0) is 14.8 Å². The maximum Gasteiger partial charge on any atom is 0.293 e. The quantitative estimate of drug-likeness (QED) is 0.559. The molecular formula is C22H16BrN3O3S. The van der Waals surface area contributed by atoms with Crippen LogP contribution in [0.15, 0.2) is 105 Å². The molecule has 0 spiro atoms. The van der Waals surface area contributed by atoms with Gasteiger partial charge in [0.1, 0.15) is 5.70 Å². The molecule has 0 saturated carbocycles. The van der Waals surface area contributed by atoms with E-state index in [0.29, 0.717) is 5.56 Å². The highest BCUT2D eigenvalue weighted by Gasteiger charge is 2.34. The number of amidine groups is 1. The Morgan fingerprint density at radius 2 is 1.47 bits per heavy atom. The predicted molar refractivity (Wildman–Crippen MR) is 119 cm³/mol. The van der Waals surface area contributed by atoms with E-state index in [2.05, 4.69) is 25.8 Å². The summed E-state index contributed by atoms with van der Waals surface area (Å²) in [5.74, 6) is -0.345. The monoisotopic (exact) mass is 481 g/mol. The Balaban J connectivity index is 1.73. The zero-order valence-corrected chi connectivity index (χ0v) is 18.0. The number of nitrogens with one attached hydrogen (secondary N) is 1. The van der Waals surface area contributed by atoms with Gasteiger partial charge in [0.05, 0.1) is 4.90 Å². The van der Waals surface area contributed by atoms with Gasteiger partial charge in [-0.25, -0.2) is 18.4 Å². The first kappa shape index (κ1) is 20.2. The molecule has 0 aromatic heterocycles. The van der Waals surface area contributed by atoms with Crippen molar-refractivity contribution in [3.63, 3.8) is 0 Å². The second kappa shape index (κ2) is 8.35. The van der Waals surface area contributed by atoms with Crippen molar-refractivity contribution in [2.45, 2.75) is 4.90 Å². The summed E-state index contributed by atoms with van der Waals surface area (Å²) in [5.41, 5.74) is 1.54. The lowest BCUT2D eigenvalue weighted by molar-refractivity contribution is -0.123. The number of rotatable bonds is 5. The fourth-order valence-electron chi connectivity index (χ4n) is 2.88. The third-order valence-corrected chi connectivity index (χ3v) is 6.18. The topological polar surface area (TPSA) is 78.8 Å². The molecule has 8 heteroatoms. The number of amides is 1. The van der Waals surface area contributed by atoms with Crippen molar-refractivity contribution in [1.82, 2.24) is 9.84 Å². The van der Waals surface area contributed by atoms with E-state index >= 15 is 0 Å². The number of halogens is 1. The molecule has 1 heterocycles. The Morgan fingerprint density at radius 1 is 0.867 bits per heavy atom. The average Bonchev–Trinajstić information content (AvgIpc) is 3.05. The second-order valence-corrected chi connectivity index (χ2v) is 9.01. The van der Waals surface area contributed by atoms with Crippen LogP contribution in [0.1, 0.15) is 11.1 Å². The summed E-state index contributed by atoms with van der Waals surface area (Å²) in [6.07, 6.45) is 1.62. The van der Waals surface area contributed by atoms with Gasteiger partial charge in [0.25, 0.3) is 15.9 Å². The van der Waals surface area contributed by atoms with Crippen molar-refractivity contribution >= 4 is 43.8 Å². The van der Waals surface area contributed by atoms with E-state index < -0.39 is 15.9 Å². The van der Waals surface area contributed by atoms with Crippen LogP contribution in [0.5, 0.6) is 0 Å². The summed E-state index contributed by atoms with van der Waals surface area (Å²) in [5, 5.41) is 0.974. The summed E-state index contributed by atoms with van der Waals surface area (Å²) >= 11 is 3.28. The SMILES string of the molecule is O=C1/C(=C\c2ccccc2)N=C(c2ccccc2)N1NS(=O)(=O)c1ccc(Br)cc1. The number of carbonyl (C=O) groups is 1. The highest BCUT2D eigenvalue weighted by Crippen LogP contribution is 2.22. The van der Waals surface area contributed by atoms with E-state index in [1.165, 1.54) is 12.1 Å². The lowest BCUT2D eigenvalue weighted by Gasteiger charge is -2.19. The smallest absolute Gasteiger partial charge is 0.265 e. The van der Waals surface area contributed by atoms with Gasteiger partial charge in [0.2, 0.25) is 0 Å². The van der Waals surface area contributed by atoms with E-state index in [-0.39, 0.29) is 16.4 Å². The predicted octanol–water partition coefficient (Wildman–Crippen LogP) is 3.97. The van der Waals surface area contributed by atoms with Gasteiger partial charge in [0.15, 0.2) is 5.84 Å². The minimum Gasteiger partial charge on any atom is -0.265 e. The molecule has 0 bridgehead atoms. The molecule has 1 amide bonds. The van der Waals surface area contributed by atoms with Crippen molar-refractivity contribution in [1.29, 1.82) is 0 Å². The van der Waals surface area contributed by atoms with Gasteiger partial charge < -0.3 is 0 Å². The van der Waals surface area contributed by atoms with E-state index in [1.54, 1.807) is 42.5 Å². The lowest BCUT2D eigenvalue weighted by Crippen LogP contribution is -2.47. The van der Waals surface area contributed by atoms with Gasteiger partial charge in [0, 0.05) is 10.0 Å². The van der Waals surface area contributed by atoms with Crippen molar-refractivity contribution in [3.05, 3.63) is 106 Å². The van der Waals surface area contributed by atoms with Crippen LogP contribution in [0.25, 0.3) is 6.08 Å². The van der Waals surface area contributed by atoms with Crippen molar-refractivity contribution < 1.29 is 13.2 Å². The zero-order chi connectivity index (χ0) is 21.1. The first-order valence-electron chi connectivity index (χ1n) is 8.97. The number of hydrogen-bond donors (Lipinski definition) is 1. The van der Waals surface area contributed by atoms with Crippen molar-refractivity contribution in [2.24, 2.45) is 4.99 Å². The number of hydrazine groups is 1. The van der Waals surface area contributed by atoms with Gasteiger partial charge in [-0.05, 0) is 35.9 Å². The number of aliphatic imine (C=N–C) groups is 1. The molecule has 0 radical (unpaired) electrons. The van der Waals surface area contributed by atoms with Crippen LogP contribution in [0.3, 0.4) is 0 Å². The van der Waals surface area contributed by atoms with E-state index in [9.17, 15) is 13.2 Å². The highest BCUT2D eigenvalue weighted by atomic mass is 79.9. The number of carbonyl (C=O) groups excluding carboxylic acids is 1. The normalized spacial score (nSPS) is 15.5. The van der Waals surface area contributed by atoms with Gasteiger partial charge in [-0.3, -0.25) is 4.79 Å². The van der Waals surface area contributed by atoms with E-state index in [1.807, 2.05) is 36.4 Å². The Kier molecular flexibility index (Phi) is 5.63. The van der Waals surface area contributed by atoms with Gasteiger partial charge >= 0.3 is 0 Å². The molecule has 1 aliphatic heterocycles. The van der Waals surface area contributed by atoms with Gasteiger partial charge in [-0.2, -0.15) is 0 Å². The minimum absolute atomic E-state index is 0.0337. The molecule has 3 aromatic carbocycles. The lowest BCUT2D eigenvalue weighted by atomic mass is 10.2. The molecule has 0 saturated heterocycles. The molecular weight excluding hydrogens is 466 g/mol. The first-order chi connectivity index (χ1) is 14.4. The molecule has 1 N–H and O–H groups in total. The number of sulfonamides is 1. The van der Waals surface area contributed by atoms with Crippen LogP contribution in [0, 0.1) is 0 Å². The number of benzene rings is 3. The minimum atomic E-state index is -4.00. The molecule has 0 aliphatic carbocycles. The molecule has 0 fully saturated rings. The summed E-state index contributed by atoms with van der Waals surface area (Å²) in [6, 6.07) is 24.3. The molecule has 30 heavy (non-hydrogen) atoms. The third kappa shape index (κ3) is 4.25. The first-order valence-corrected chi connectivity index (χ1v) is 11.2. The fourth-order valence-corrected chi connectivity index (χ4v) is 4.15. The molecule has 0 atom stereocenters. The van der Waals surface area contributed by atoms with Gasteiger partial charge in [-0.15, -0.1) is 4.83 Å². The molecule has 1 aliphatic rings. The molecule has 150 valence electrons. The third-order valence-electron chi connectivity index (χ3n) is 4.33. The standard InChI is InChI=1S/C22H16BrN3O3S/c23-18-11-13-19(14-12-18)30(28,29)25-26-21(17-9-5-2-6-10-17)24-20(22(26)27)15-16-7-3-1-4-8-16/h1-15,25H/b20-15+. The summed E-state index contributed by atoms with van der Waals surface area (Å²) in [7, 11) is -4.00. The Bertz CT molecular complexity index is 1240.